The molecule has 2 rings (SSSR count). The van der Waals surface area contributed by atoms with Gasteiger partial charge in [0, 0.05) is 32.7 Å². The number of halogens is 1. The summed E-state index contributed by atoms with van der Waals surface area (Å²) in [5.41, 5.74) is 0. The summed E-state index contributed by atoms with van der Waals surface area (Å²) >= 11 is 6.11. The molecule has 1 fully saturated rings. The lowest BCUT2D eigenvalue weighted by atomic mass is 10.3. The second-order valence-corrected chi connectivity index (χ2v) is 4.97. The lowest BCUT2D eigenvalue weighted by Crippen LogP contribution is -2.47. The molecule has 0 aromatic carbocycles. The first-order valence-electron chi connectivity index (χ1n) is 6.24. The van der Waals surface area contributed by atoms with E-state index in [0.717, 1.165) is 32.0 Å². The van der Waals surface area contributed by atoms with Crippen molar-refractivity contribution >= 4 is 23.4 Å². The van der Waals surface area contributed by atoms with Crippen LogP contribution < -0.4 is 4.90 Å². The summed E-state index contributed by atoms with van der Waals surface area (Å²) in [7, 11) is 0. The molecule has 19 heavy (non-hydrogen) atoms. The summed E-state index contributed by atoms with van der Waals surface area (Å²) < 4.78 is 0. The van der Waals surface area contributed by atoms with E-state index in [2.05, 4.69) is 19.8 Å². The maximum Gasteiger partial charge on any atom is 0.304 e. The van der Waals surface area contributed by atoms with Crippen molar-refractivity contribution in [3.63, 3.8) is 0 Å². The number of carboxylic acid groups (broad SMARTS) is 1. The van der Waals surface area contributed by atoms with Crippen LogP contribution in [0.5, 0.6) is 0 Å². The number of hydrogen-bond donors (Lipinski definition) is 1. The smallest absolute Gasteiger partial charge is 0.304 e. The van der Waals surface area contributed by atoms with Crippen LogP contribution in [-0.4, -0.2) is 58.7 Å². The van der Waals surface area contributed by atoms with E-state index in [1.807, 2.05) is 6.92 Å². The fraction of sp³-hybridized carbons (Fsp3) is 0.583. The molecule has 6 nitrogen and oxygen atoms in total. The van der Waals surface area contributed by atoms with Gasteiger partial charge in [0.25, 0.3) is 0 Å². The molecule has 1 aliphatic heterocycles. The van der Waals surface area contributed by atoms with Gasteiger partial charge in [0.05, 0.1) is 12.6 Å². The standard InChI is InChI=1S/C12H17ClN4O2/c1-9-14-8-10(13)12(15-9)17-6-4-16(5-7-17)3-2-11(18)19/h8H,2-7H2,1H3,(H,18,19). The highest BCUT2D eigenvalue weighted by Crippen LogP contribution is 2.23. The van der Waals surface area contributed by atoms with Crippen molar-refractivity contribution < 1.29 is 9.90 Å². The van der Waals surface area contributed by atoms with Gasteiger partial charge in [-0.15, -0.1) is 0 Å². The van der Waals surface area contributed by atoms with Gasteiger partial charge in [-0.3, -0.25) is 9.69 Å². The zero-order valence-electron chi connectivity index (χ0n) is 10.8. The highest BCUT2D eigenvalue weighted by atomic mass is 35.5. The van der Waals surface area contributed by atoms with Crippen molar-refractivity contribution in [2.45, 2.75) is 13.3 Å². The van der Waals surface area contributed by atoms with Gasteiger partial charge in [0.2, 0.25) is 0 Å². The topological polar surface area (TPSA) is 69.6 Å². The van der Waals surface area contributed by atoms with Gasteiger partial charge in [-0.05, 0) is 6.92 Å². The lowest BCUT2D eigenvalue weighted by molar-refractivity contribution is -0.137. The predicted octanol–water partition coefficient (Wildman–Crippen LogP) is 1.04. The number of aryl methyl sites for hydroxylation is 1. The van der Waals surface area contributed by atoms with Gasteiger partial charge in [-0.25, -0.2) is 9.97 Å². The van der Waals surface area contributed by atoms with Gasteiger partial charge in [-0.2, -0.15) is 0 Å². The third kappa shape index (κ3) is 3.78. The molecule has 0 spiro atoms. The van der Waals surface area contributed by atoms with E-state index in [1.54, 1.807) is 6.20 Å². The zero-order valence-corrected chi connectivity index (χ0v) is 11.6. The Hall–Kier alpha value is -1.40. The normalized spacial score (nSPS) is 16.6. The van der Waals surface area contributed by atoms with Crippen LogP contribution in [0.2, 0.25) is 5.02 Å². The Labute approximate surface area is 117 Å². The van der Waals surface area contributed by atoms with E-state index in [1.165, 1.54) is 0 Å². The minimum absolute atomic E-state index is 0.188. The molecule has 0 amide bonds. The number of carboxylic acids is 1. The molecular formula is C12H17ClN4O2. The Balaban J connectivity index is 1.92. The number of nitrogens with zero attached hydrogens (tertiary/aromatic N) is 4. The molecule has 0 saturated carbocycles. The molecule has 104 valence electrons. The SMILES string of the molecule is Cc1ncc(Cl)c(N2CCN(CCC(=O)O)CC2)n1. The maximum absolute atomic E-state index is 10.5. The highest BCUT2D eigenvalue weighted by molar-refractivity contribution is 6.32. The van der Waals surface area contributed by atoms with Crippen molar-refractivity contribution in [3.8, 4) is 0 Å². The highest BCUT2D eigenvalue weighted by Gasteiger charge is 2.20. The van der Waals surface area contributed by atoms with Crippen LogP contribution >= 0.6 is 11.6 Å². The summed E-state index contributed by atoms with van der Waals surface area (Å²) in [4.78, 5) is 23.2. The predicted molar refractivity (Wildman–Crippen MR) is 72.7 cm³/mol. The van der Waals surface area contributed by atoms with Crippen LogP contribution in [0.25, 0.3) is 0 Å². The molecule has 0 atom stereocenters. The van der Waals surface area contributed by atoms with Crippen LogP contribution in [-0.2, 0) is 4.79 Å². The zero-order chi connectivity index (χ0) is 13.8. The number of anilines is 1. The molecule has 0 unspecified atom stereocenters. The van der Waals surface area contributed by atoms with E-state index in [0.29, 0.717) is 17.4 Å². The minimum Gasteiger partial charge on any atom is -0.481 e. The fourth-order valence-corrected chi connectivity index (χ4v) is 2.31. The van der Waals surface area contributed by atoms with Crippen LogP contribution in [0.15, 0.2) is 6.20 Å². The molecule has 1 saturated heterocycles. The fourth-order valence-electron chi connectivity index (χ4n) is 2.10. The van der Waals surface area contributed by atoms with Gasteiger partial charge in [-0.1, -0.05) is 11.6 Å². The Kier molecular flexibility index (Phi) is 4.55. The van der Waals surface area contributed by atoms with E-state index < -0.39 is 5.97 Å². The Bertz CT molecular complexity index is 461. The first-order chi connectivity index (χ1) is 9.06. The largest absolute Gasteiger partial charge is 0.481 e. The number of aromatic nitrogens is 2. The second kappa shape index (κ2) is 6.16. The summed E-state index contributed by atoms with van der Waals surface area (Å²) in [5.74, 6) is 0.719. The molecule has 1 aromatic rings. The van der Waals surface area contributed by atoms with Crippen LogP contribution in [0.1, 0.15) is 12.2 Å². The number of carbonyl (C=O) groups is 1. The molecule has 1 aliphatic rings. The number of rotatable bonds is 4. The van der Waals surface area contributed by atoms with E-state index in [4.69, 9.17) is 16.7 Å². The quantitative estimate of drug-likeness (QED) is 0.891. The van der Waals surface area contributed by atoms with Gasteiger partial charge in [0.15, 0.2) is 5.82 Å². The van der Waals surface area contributed by atoms with E-state index >= 15 is 0 Å². The van der Waals surface area contributed by atoms with Gasteiger partial charge >= 0.3 is 5.97 Å². The Morgan fingerprint density at radius 1 is 1.42 bits per heavy atom. The molecule has 1 aromatic heterocycles. The average molecular weight is 285 g/mol. The first kappa shape index (κ1) is 14.0. The third-order valence-electron chi connectivity index (χ3n) is 3.16. The Morgan fingerprint density at radius 3 is 2.74 bits per heavy atom. The molecule has 0 bridgehead atoms. The monoisotopic (exact) mass is 284 g/mol. The minimum atomic E-state index is -0.753. The maximum atomic E-state index is 10.5. The molecule has 2 heterocycles. The van der Waals surface area contributed by atoms with Crippen LogP contribution in [0.3, 0.4) is 0 Å². The molecule has 0 aliphatic carbocycles. The Morgan fingerprint density at radius 2 is 2.11 bits per heavy atom. The molecule has 7 heteroatoms. The molecule has 0 radical (unpaired) electrons. The van der Waals surface area contributed by atoms with E-state index in [9.17, 15) is 4.79 Å². The van der Waals surface area contributed by atoms with Gasteiger partial charge < -0.3 is 10.0 Å². The summed E-state index contributed by atoms with van der Waals surface area (Å²) in [6.07, 6.45) is 1.81. The van der Waals surface area contributed by atoms with Crippen molar-refractivity contribution in [2.75, 3.05) is 37.6 Å². The van der Waals surface area contributed by atoms with Crippen LogP contribution in [0, 0.1) is 6.92 Å². The average Bonchev–Trinajstić information content (AvgIpc) is 2.40. The lowest BCUT2D eigenvalue weighted by Gasteiger charge is -2.35. The number of aliphatic carboxylic acids is 1. The first-order valence-corrected chi connectivity index (χ1v) is 6.62. The number of hydrogen-bond acceptors (Lipinski definition) is 5. The van der Waals surface area contributed by atoms with Crippen molar-refractivity contribution in [2.24, 2.45) is 0 Å². The number of piperazine rings is 1. The summed E-state index contributed by atoms with van der Waals surface area (Å²) in [6, 6.07) is 0. The van der Waals surface area contributed by atoms with Crippen molar-refractivity contribution in [1.29, 1.82) is 0 Å². The molecular weight excluding hydrogens is 268 g/mol. The molecule has 1 N–H and O–H groups in total. The van der Waals surface area contributed by atoms with Crippen LogP contribution in [0.4, 0.5) is 5.82 Å². The third-order valence-corrected chi connectivity index (χ3v) is 3.43. The van der Waals surface area contributed by atoms with Crippen molar-refractivity contribution in [3.05, 3.63) is 17.0 Å². The van der Waals surface area contributed by atoms with E-state index in [-0.39, 0.29) is 6.42 Å². The van der Waals surface area contributed by atoms with Crippen molar-refractivity contribution in [1.82, 2.24) is 14.9 Å². The van der Waals surface area contributed by atoms with Gasteiger partial charge in [0.1, 0.15) is 10.8 Å². The second-order valence-electron chi connectivity index (χ2n) is 4.56. The summed E-state index contributed by atoms with van der Waals surface area (Å²) in [5, 5.41) is 9.23. The summed E-state index contributed by atoms with van der Waals surface area (Å²) in [6.45, 7) is 5.69.